The van der Waals surface area contributed by atoms with Crippen LogP contribution >= 0.6 is 11.3 Å². The van der Waals surface area contributed by atoms with Crippen LogP contribution in [-0.2, 0) is 17.6 Å². The van der Waals surface area contributed by atoms with E-state index in [0.717, 1.165) is 43.7 Å². The second-order valence-corrected chi connectivity index (χ2v) is 7.47. The first-order valence-corrected chi connectivity index (χ1v) is 8.46. The molecule has 0 radical (unpaired) electrons. The standard InChI is InChI=1S/C15H23N3OS/c1-15(16)9-5-4-6-10(15)13(19)18-14-17-11-7-2-3-8-12(11)20-14/h10H,2-9,16H2,1H3,(H,17,18,19). The van der Waals surface area contributed by atoms with Crippen LogP contribution < -0.4 is 11.1 Å². The van der Waals surface area contributed by atoms with Gasteiger partial charge in [-0.1, -0.05) is 12.8 Å². The van der Waals surface area contributed by atoms with Crippen LogP contribution in [0.1, 0.15) is 56.0 Å². The summed E-state index contributed by atoms with van der Waals surface area (Å²) in [6, 6.07) is 0. The lowest BCUT2D eigenvalue weighted by Crippen LogP contribution is -2.51. The molecule has 1 aromatic rings. The number of nitrogens with zero attached hydrogens (tertiary/aromatic N) is 1. The smallest absolute Gasteiger partial charge is 0.231 e. The molecule has 0 aromatic carbocycles. The van der Waals surface area contributed by atoms with Crippen LogP contribution in [0.25, 0.3) is 0 Å². The Morgan fingerprint density at radius 3 is 2.90 bits per heavy atom. The molecule has 3 N–H and O–H groups in total. The van der Waals surface area contributed by atoms with Gasteiger partial charge in [-0.3, -0.25) is 4.79 Å². The highest BCUT2D eigenvalue weighted by atomic mass is 32.1. The fourth-order valence-corrected chi connectivity index (χ4v) is 4.44. The average Bonchev–Trinajstić information content (AvgIpc) is 2.80. The number of thiazole rings is 1. The number of carbonyl (C=O) groups is 1. The van der Waals surface area contributed by atoms with Gasteiger partial charge in [0, 0.05) is 10.4 Å². The molecule has 1 heterocycles. The maximum Gasteiger partial charge on any atom is 0.231 e. The zero-order chi connectivity index (χ0) is 14.2. The highest BCUT2D eigenvalue weighted by Gasteiger charge is 2.38. The summed E-state index contributed by atoms with van der Waals surface area (Å²) in [7, 11) is 0. The molecule has 0 aliphatic heterocycles. The zero-order valence-electron chi connectivity index (χ0n) is 12.1. The summed E-state index contributed by atoms with van der Waals surface area (Å²) >= 11 is 1.64. The summed E-state index contributed by atoms with van der Waals surface area (Å²) in [6.45, 7) is 2.00. The highest BCUT2D eigenvalue weighted by molar-refractivity contribution is 7.15. The molecular weight excluding hydrogens is 270 g/mol. The highest BCUT2D eigenvalue weighted by Crippen LogP contribution is 2.34. The van der Waals surface area contributed by atoms with Crippen molar-refractivity contribution in [2.45, 2.75) is 63.8 Å². The van der Waals surface area contributed by atoms with Crippen LogP contribution in [0.2, 0.25) is 0 Å². The van der Waals surface area contributed by atoms with E-state index in [-0.39, 0.29) is 17.4 Å². The van der Waals surface area contributed by atoms with Crippen molar-refractivity contribution < 1.29 is 4.79 Å². The van der Waals surface area contributed by atoms with E-state index < -0.39 is 0 Å². The molecule has 2 aliphatic carbocycles. The molecule has 0 spiro atoms. The number of amides is 1. The fourth-order valence-electron chi connectivity index (χ4n) is 3.39. The summed E-state index contributed by atoms with van der Waals surface area (Å²) in [5.41, 5.74) is 7.11. The number of nitrogens with one attached hydrogen (secondary N) is 1. The van der Waals surface area contributed by atoms with Crippen molar-refractivity contribution in [1.82, 2.24) is 4.98 Å². The maximum atomic E-state index is 12.5. The molecule has 0 bridgehead atoms. The molecule has 2 atom stereocenters. The van der Waals surface area contributed by atoms with Crippen molar-refractivity contribution in [2.75, 3.05) is 5.32 Å². The molecule has 4 nitrogen and oxygen atoms in total. The fraction of sp³-hybridized carbons (Fsp3) is 0.733. The van der Waals surface area contributed by atoms with Crippen molar-refractivity contribution in [3.05, 3.63) is 10.6 Å². The van der Waals surface area contributed by atoms with E-state index in [0.29, 0.717) is 0 Å². The van der Waals surface area contributed by atoms with E-state index >= 15 is 0 Å². The third kappa shape index (κ3) is 2.74. The van der Waals surface area contributed by atoms with Gasteiger partial charge < -0.3 is 11.1 Å². The molecule has 1 fully saturated rings. The second-order valence-electron chi connectivity index (χ2n) is 6.39. The number of anilines is 1. The molecule has 0 saturated heterocycles. The number of rotatable bonds is 2. The van der Waals surface area contributed by atoms with Gasteiger partial charge >= 0.3 is 0 Å². The summed E-state index contributed by atoms with van der Waals surface area (Å²) in [6.07, 6.45) is 8.67. The Labute approximate surface area is 124 Å². The van der Waals surface area contributed by atoms with Crippen LogP contribution in [0.4, 0.5) is 5.13 Å². The van der Waals surface area contributed by atoms with Gasteiger partial charge in [-0.15, -0.1) is 11.3 Å². The predicted molar refractivity (Wildman–Crippen MR) is 81.9 cm³/mol. The van der Waals surface area contributed by atoms with E-state index in [1.807, 2.05) is 6.92 Å². The Bertz CT molecular complexity index is 486. The summed E-state index contributed by atoms with van der Waals surface area (Å²) in [5, 5.41) is 3.78. The van der Waals surface area contributed by atoms with Gasteiger partial charge in [-0.05, 0) is 45.4 Å². The predicted octanol–water partition coefficient (Wildman–Crippen LogP) is 2.87. The Hall–Kier alpha value is -0.940. The lowest BCUT2D eigenvalue weighted by molar-refractivity contribution is -0.122. The van der Waals surface area contributed by atoms with Gasteiger partial charge in [-0.25, -0.2) is 4.98 Å². The van der Waals surface area contributed by atoms with E-state index in [4.69, 9.17) is 5.73 Å². The van der Waals surface area contributed by atoms with Crippen molar-refractivity contribution >= 4 is 22.4 Å². The Morgan fingerprint density at radius 1 is 1.35 bits per heavy atom. The largest absolute Gasteiger partial charge is 0.325 e. The number of carbonyl (C=O) groups excluding carboxylic acids is 1. The van der Waals surface area contributed by atoms with Crippen molar-refractivity contribution in [3.63, 3.8) is 0 Å². The summed E-state index contributed by atoms with van der Waals surface area (Å²) in [4.78, 5) is 18.4. The van der Waals surface area contributed by atoms with Crippen molar-refractivity contribution in [2.24, 2.45) is 11.7 Å². The third-order valence-electron chi connectivity index (χ3n) is 4.65. The van der Waals surface area contributed by atoms with Crippen LogP contribution in [0.3, 0.4) is 0 Å². The molecule has 1 aromatic heterocycles. The minimum Gasteiger partial charge on any atom is -0.325 e. The van der Waals surface area contributed by atoms with Crippen molar-refractivity contribution in [1.29, 1.82) is 0 Å². The molecular formula is C15H23N3OS. The van der Waals surface area contributed by atoms with Gasteiger partial charge in [0.05, 0.1) is 11.6 Å². The van der Waals surface area contributed by atoms with E-state index in [1.165, 1.54) is 23.4 Å². The zero-order valence-corrected chi connectivity index (χ0v) is 12.9. The second kappa shape index (κ2) is 5.45. The average molecular weight is 293 g/mol. The van der Waals surface area contributed by atoms with E-state index in [9.17, 15) is 4.79 Å². The van der Waals surface area contributed by atoms with Gasteiger partial charge in [0.2, 0.25) is 5.91 Å². The summed E-state index contributed by atoms with van der Waals surface area (Å²) in [5.74, 6) is -0.0297. The SMILES string of the molecule is CC1(N)CCCCC1C(=O)Nc1nc2c(s1)CCCC2. The first kappa shape index (κ1) is 14.0. The van der Waals surface area contributed by atoms with Crippen molar-refractivity contribution in [3.8, 4) is 0 Å². The quantitative estimate of drug-likeness (QED) is 0.881. The van der Waals surface area contributed by atoms with Crippen LogP contribution in [0.15, 0.2) is 0 Å². The number of hydrogen-bond acceptors (Lipinski definition) is 4. The number of aromatic nitrogens is 1. The van der Waals surface area contributed by atoms with Gasteiger partial charge in [0.15, 0.2) is 5.13 Å². The lowest BCUT2D eigenvalue weighted by atomic mass is 9.74. The molecule has 20 heavy (non-hydrogen) atoms. The minimum absolute atomic E-state index is 0.0563. The Kier molecular flexibility index (Phi) is 3.82. The molecule has 3 rings (SSSR count). The summed E-state index contributed by atoms with van der Waals surface area (Å²) < 4.78 is 0. The number of aryl methyl sites for hydroxylation is 2. The topological polar surface area (TPSA) is 68.0 Å². The normalized spacial score (nSPS) is 29.8. The third-order valence-corrected chi connectivity index (χ3v) is 5.72. The van der Waals surface area contributed by atoms with E-state index in [2.05, 4.69) is 10.3 Å². The Morgan fingerprint density at radius 2 is 2.15 bits per heavy atom. The van der Waals surface area contributed by atoms with Gasteiger partial charge in [0.25, 0.3) is 0 Å². The maximum absolute atomic E-state index is 12.5. The molecule has 2 unspecified atom stereocenters. The Balaban J connectivity index is 1.70. The molecule has 1 amide bonds. The minimum atomic E-state index is -0.376. The van der Waals surface area contributed by atoms with Crippen LogP contribution in [-0.4, -0.2) is 16.4 Å². The molecule has 110 valence electrons. The van der Waals surface area contributed by atoms with Gasteiger partial charge in [-0.2, -0.15) is 0 Å². The van der Waals surface area contributed by atoms with E-state index in [1.54, 1.807) is 11.3 Å². The van der Waals surface area contributed by atoms with Crippen LogP contribution in [0.5, 0.6) is 0 Å². The molecule has 1 saturated carbocycles. The monoisotopic (exact) mass is 293 g/mol. The number of fused-ring (bicyclic) bond motifs is 1. The number of hydrogen-bond donors (Lipinski definition) is 2. The first-order valence-electron chi connectivity index (χ1n) is 7.64. The lowest BCUT2D eigenvalue weighted by Gasteiger charge is -2.36. The van der Waals surface area contributed by atoms with Gasteiger partial charge in [0.1, 0.15) is 0 Å². The number of nitrogens with two attached hydrogens (primary N) is 1. The first-order chi connectivity index (χ1) is 9.56. The molecule has 2 aliphatic rings. The molecule has 5 heteroatoms. The van der Waals surface area contributed by atoms with Crippen LogP contribution in [0, 0.1) is 5.92 Å².